The van der Waals surface area contributed by atoms with Gasteiger partial charge in [-0.15, -0.1) is 22.7 Å². The lowest BCUT2D eigenvalue weighted by Gasteiger charge is -2.07. The van der Waals surface area contributed by atoms with Crippen molar-refractivity contribution < 1.29 is 4.79 Å². The molecule has 2 heterocycles. The Labute approximate surface area is 198 Å². The molecule has 158 valence electrons. The molecule has 0 saturated carbocycles. The summed E-state index contributed by atoms with van der Waals surface area (Å²) in [4.78, 5) is 18.6. The zero-order chi connectivity index (χ0) is 22.2. The van der Waals surface area contributed by atoms with E-state index in [1.807, 2.05) is 55.5 Å². The van der Waals surface area contributed by atoms with Crippen molar-refractivity contribution in [1.82, 2.24) is 4.98 Å². The number of benzene rings is 3. The van der Waals surface area contributed by atoms with Crippen molar-refractivity contribution >= 4 is 66.7 Å². The van der Waals surface area contributed by atoms with Crippen LogP contribution in [0.2, 0.25) is 5.02 Å². The van der Waals surface area contributed by atoms with Gasteiger partial charge in [-0.2, -0.15) is 0 Å². The molecule has 0 atom stereocenters. The van der Waals surface area contributed by atoms with Gasteiger partial charge in [0.2, 0.25) is 5.78 Å². The Morgan fingerprint density at radius 2 is 1.69 bits per heavy atom. The number of halogens is 1. The number of thiophene rings is 1. The van der Waals surface area contributed by atoms with Gasteiger partial charge in [0.15, 0.2) is 0 Å². The second-order valence-electron chi connectivity index (χ2n) is 7.34. The van der Waals surface area contributed by atoms with Crippen LogP contribution in [0.1, 0.15) is 20.8 Å². The summed E-state index contributed by atoms with van der Waals surface area (Å²) in [5, 5.41) is 5.40. The first-order chi connectivity index (χ1) is 15.5. The van der Waals surface area contributed by atoms with Gasteiger partial charge in [0.1, 0.15) is 14.9 Å². The molecule has 0 fully saturated rings. The number of ketones is 1. The minimum atomic E-state index is -0.197. The van der Waals surface area contributed by atoms with Crippen LogP contribution in [0.3, 0.4) is 0 Å². The Kier molecular flexibility index (Phi) is 5.43. The molecule has 7 heteroatoms. The number of rotatable bonds is 5. The number of hydrogen-bond donors (Lipinski definition) is 2. The van der Waals surface area contributed by atoms with Crippen molar-refractivity contribution in [3.8, 4) is 10.6 Å². The van der Waals surface area contributed by atoms with Crippen LogP contribution in [0.4, 0.5) is 16.4 Å². The molecule has 0 aliphatic carbocycles. The van der Waals surface area contributed by atoms with E-state index in [0.29, 0.717) is 21.2 Å². The molecule has 2 aromatic heterocycles. The number of carbonyl (C=O) groups excluding carboxylic acids is 1. The molecular formula is C25H18ClN3OS2. The van der Waals surface area contributed by atoms with Crippen LogP contribution in [0, 0.1) is 6.92 Å². The van der Waals surface area contributed by atoms with Crippen molar-refractivity contribution in [1.29, 1.82) is 0 Å². The van der Waals surface area contributed by atoms with Crippen LogP contribution >= 0.6 is 34.3 Å². The summed E-state index contributed by atoms with van der Waals surface area (Å²) in [6.07, 6.45) is 0. The molecule has 0 spiro atoms. The van der Waals surface area contributed by atoms with Crippen molar-refractivity contribution in [3.05, 3.63) is 93.8 Å². The Hall–Kier alpha value is -3.19. The van der Waals surface area contributed by atoms with Gasteiger partial charge in [-0.05, 0) is 43.3 Å². The number of nitrogens with zero attached hydrogens (tertiary/aromatic N) is 1. The van der Waals surface area contributed by atoms with E-state index in [-0.39, 0.29) is 5.78 Å². The van der Waals surface area contributed by atoms with Crippen LogP contribution in [0.25, 0.3) is 20.8 Å². The molecule has 32 heavy (non-hydrogen) atoms. The standard InChI is InChI=1S/C25H18ClN3OS2/c1-14-10-12-15(13-11-14)28-24-20(25-29-18-8-4-5-9-19(18)31-25)21(27)23(32-24)22(30)16-6-2-3-7-17(16)26/h2-13,28H,27H2,1H3. The SMILES string of the molecule is Cc1ccc(Nc2sc(C(=O)c3ccccc3Cl)c(N)c2-c2nc3ccccc3s2)cc1. The van der Waals surface area contributed by atoms with E-state index >= 15 is 0 Å². The average Bonchev–Trinajstić information content (AvgIpc) is 3.35. The minimum absolute atomic E-state index is 0.197. The average molecular weight is 476 g/mol. The normalized spacial score (nSPS) is 11.1. The van der Waals surface area contributed by atoms with Crippen molar-refractivity contribution in [2.24, 2.45) is 0 Å². The van der Waals surface area contributed by atoms with Crippen molar-refractivity contribution in [3.63, 3.8) is 0 Å². The number of nitrogen functional groups attached to an aromatic ring is 1. The molecule has 5 aromatic rings. The second kappa shape index (κ2) is 8.39. The van der Waals surface area contributed by atoms with Gasteiger partial charge in [0, 0.05) is 11.3 Å². The maximum absolute atomic E-state index is 13.4. The molecule has 0 unspecified atom stereocenters. The highest BCUT2D eigenvalue weighted by Crippen LogP contribution is 2.47. The summed E-state index contributed by atoms with van der Waals surface area (Å²) in [6.45, 7) is 2.04. The van der Waals surface area contributed by atoms with E-state index in [1.54, 1.807) is 35.6 Å². The number of thiazole rings is 1. The van der Waals surface area contributed by atoms with E-state index in [1.165, 1.54) is 16.9 Å². The molecule has 0 aliphatic heterocycles. The number of aromatic nitrogens is 1. The van der Waals surface area contributed by atoms with E-state index in [0.717, 1.165) is 31.5 Å². The Morgan fingerprint density at radius 3 is 2.44 bits per heavy atom. The topological polar surface area (TPSA) is 68.0 Å². The third-order valence-electron chi connectivity index (χ3n) is 5.09. The van der Waals surface area contributed by atoms with E-state index in [4.69, 9.17) is 22.3 Å². The van der Waals surface area contributed by atoms with Crippen molar-refractivity contribution in [2.45, 2.75) is 6.92 Å². The number of nitrogens with two attached hydrogens (primary N) is 1. The molecule has 0 saturated heterocycles. The van der Waals surface area contributed by atoms with Gasteiger partial charge in [-0.25, -0.2) is 4.98 Å². The van der Waals surface area contributed by atoms with Crippen LogP contribution in [0.15, 0.2) is 72.8 Å². The molecule has 4 nitrogen and oxygen atoms in total. The van der Waals surface area contributed by atoms with Gasteiger partial charge in [0.05, 0.1) is 26.5 Å². The van der Waals surface area contributed by atoms with E-state index in [2.05, 4.69) is 5.32 Å². The first-order valence-electron chi connectivity index (χ1n) is 9.92. The van der Waals surface area contributed by atoms with Gasteiger partial charge >= 0.3 is 0 Å². The third kappa shape index (κ3) is 3.77. The number of aryl methyl sites for hydroxylation is 1. The lowest BCUT2D eigenvalue weighted by Crippen LogP contribution is -2.03. The van der Waals surface area contributed by atoms with Crippen LogP contribution < -0.4 is 11.1 Å². The van der Waals surface area contributed by atoms with Gasteiger partial charge < -0.3 is 11.1 Å². The fourth-order valence-electron chi connectivity index (χ4n) is 3.43. The maximum Gasteiger partial charge on any atom is 0.206 e. The molecule has 0 aliphatic rings. The predicted octanol–water partition coefficient (Wildman–Crippen LogP) is 7.54. The third-order valence-corrected chi connectivity index (χ3v) is 7.59. The summed E-state index contributed by atoms with van der Waals surface area (Å²) >= 11 is 9.18. The van der Waals surface area contributed by atoms with Crippen LogP contribution in [-0.4, -0.2) is 10.8 Å². The zero-order valence-corrected chi connectivity index (χ0v) is 19.4. The smallest absolute Gasteiger partial charge is 0.206 e. The summed E-state index contributed by atoms with van der Waals surface area (Å²) < 4.78 is 1.06. The van der Waals surface area contributed by atoms with Crippen LogP contribution in [-0.2, 0) is 0 Å². The fourth-order valence-corrected chi connectivity index (χ4v) is 5.84. The predicted molar refractivity (Wildman–Crippen MR) is 137 cm³/mol. The highest BCUT2D eigenvalue weighted by Gasteiger charge is 2.26. The molecule has 3 aromatic carbocycles. The second-order valence-corrected chi connectivity index (χ2v) is 9.79. The maximum atomic E-state index is 13.4. The highest BCUT2D eigenvalue weighted by atomic mass is 35.5. The first kappa shape index (κ1) is 20.7. The lowest BCUT2D eigenvalue weighted by molar-refractivity contribution is 0.104. The fraction of sp³-hybridized carbons (Fsp3) is 0.0400. The number of nitrogens with one attached hydrogen (secondary N) is 1. The van der Waals surface area contributed by atoms with Gasteiger partial charge in [-0.1, -0.05) is 53.6 Å². The Morgan fingerprint density at radius 1 is 0.969 bits per heavy atom. The highest BCUT2D eigenvalue weighted by molar-refractivity contribution is 7.23. The summed E-state index contributed by atoms with van der Waals surface area (Å²) in [7, 11) is 0. The molecule has 0 amide bonds. The Bertz CT molecular complexity index is 1420. The minimum Gasteiger partial charge on any atom is -0.397 e. The summed E-state index contributed by atoms with van der Waals surface area (Å²) in [5.41, 5.74) is 11.2. The molecular weight excluding hydrogens is 458 g/mol. The number of para-hydroxylation sites is 1. The quantitative estimate of drug-likeness (QED) is 0.257. The molecule has 0 bridgehead atoms. The summed E-state index contributed by atoms with van der Waals surface area (Å²) in [5.74, 6) is -0.197. The largest absolute Gasteiger partial charge is 0.397 e. The monoisotopic (exact) mass is 475 g/mol. The molecule has 3 N–H and O–H groups in total. The number of carbonyl (C=O) groups is 1. The Balaban J connectivity index is 1.66. The number of anilines is 3. The molecule has 5 rings (SSSR count). The van der Waals surface area contributed by atoms with Gasteiger partial charge in [0.25, 0.3) is 0 Å². The number of fused-ring (bicyclic) bond motifs is 1. The zero-order valence-electron chi connectivity index (χ0n) is 17.1. The van der Waals surface area contributed by atoms with E-state index < -0.39 is 0 Å². The van der Waals surface area contributed by atoms with Gasteiger partial charge in [-0.3, -0.25) is 4.79 Å². The number of hydrogen-bond acceptors (Lipinski definition) is 6. The first-order valence-corrected chi connectivity index (χ1v) is 11.9. The van der Waals surface area contributed by atoms with E-state index in [9.17, 15) is 4.79 Å². The summed E-state index contributed by atoms with van der Waals surface area (Å²) in [6, 6.07) is 23.0. The molecule has 0 radical (unpaired) electrons. The lowest BCUT2D eigenvalue weighted by atomic mass is 10.1. The van der Waals surface area contributed by atoms with Crippen LogP contribution in [0.5, 0.6) is 0 Å². The van der Waals surface area contributed by atoms with Crippen molar-refractivity contribution in [2.75, 3.05) is 11.1 Å².